The van der Waals surface area contributed by atoms with E-state index in [2.05, 4.69) is 10.2 Å². The molecule has 5 aliphatic rings. The number of phenolic OH excluding ortho intramolecular Hbond substituents is 1. The van der Waals surface area contributed by atoms with Gasteiger partial charge in [-0.15, -0.1) is 0 Å². The molecule has 0 radical (unpaired) electrons. The molecular weight excluding hydrogens is 414 g/mol. The summed E-state index contributed by atoms with van der Waals surface area (Å²) in [7, 11) is 0. The van der Waals surface area contributed by atoms with Crippen LogP contribution in [0.15, 0.2) is 12.1 Å². The summed E-state index contributed by atoms with van der Waals surface area (Å²) in [6.45, 7) is 8.07. The summed E-state index contributed by atoms with van der Waals surface area (Å²) in [6.07, 6.45) is 8.45. The van der Waals surface area contributed by atoms with E-state index in [1.807, 2.05) is 30.9 Å². The fourth-order valence-electron chi connectivity index (χ4n) is 7.79. The van der Waals surface area contributed by atoms with Crippen molar-refractivity contribution in [3.8, 4) is 5.75 Å². The predicted molar refractivity (Wildman–Crippen MR) is 128 cm³/mol. The largest absolute Gasteiger partial charge is 0.508 e. The minimum atomic E-state index is 0.0329. The fraction of sp³-hybridized carbons (Fsp3) is 0.704. The number of hydrogen-bond acceptors (Lipinski definition) is 4. The summed E-state index contributed by atoms with van der Waals surface area (Å²) in [5.41, 5.74) is 3.68. The Morgan fingerprint density at radius 3 is 2.06 bits per heavy atom. The molecule has 0 atom stereocenters. The summed E-state index contributed by atoms with van der Waals surface area (Å²) in [5, 5.41) is 12.7. The van der Waals surface area contributed by atoms with Crippen molar-refractivity contribution in [2.24, 2.45) is 23.2 Å². The number of nitrogens with zero attached hydrogens (tertiary/aromatic N) is 2. The third-order valence-electron chi connectivity index (χ3n) is 8.92. The molecule has 4 bridgehead atoms. The van der Waals surface area contributed by atoms with Crippen molar-refractivity contribution < 1.29 is 14.7 Å². The van der Waals surface area contributed by atoms with Gasteiger partial charge >= 0.3 is 0 Å². The van der Waals surface area contributed by atoms with Crippen LogP contribution in [0.2, 0.25) is 0 Å². The maximum atomic E-state index is 12.7. The van der Waals surface area contributed by atoms with Gasteiger partial charge in [0, 0.05) is 39.1 Å². The van der Waals surface area contributed by atoms with Crippen molar-refractivity contribution in [1.82, 2.24) is 15.1 Å². The lowest BCUT2D eigenvalue weighted by molar-refractivity contribution is -0.136. The second-order valence-electron chi connectivity index (χ2n) is 11.6. The molecular formula is C27H39N3O3. The zero-order chi connectivity index (χ0) is 23.2. The van der Waals surface area contributed by atoms with E-state index < -0.39 is 0 Å². The second-order valence-corrected chi connectivity index (χ2v) is 11.6. The molecule has 6 heteroatoms. The van der Waals surface area contributed by atoms with Gasteiger partial charge in [-0.3, -0.25) is 14.5 Å². The van der Waals surface area contributed by atoms with E-state index in [0.29, 0.717) is 25.3 Å². The first kappa shape index (κ1) is 22.7. The lowest BCUT2D eigenvalue weighted by Gasteiger charge is -2.56. The van der Waals surface area contributed by atoms with Gasteiger partial charge in [-0.1, -0.05) is 0 Å². The Labute approximate surface area is 197 Å². The topological polar surface area (TPSA) is 72.9 Å². The molecule has 4 aliphatic carbocycles. The number of aromatic hydroxyl groups is 1. The van der Waals surface area contributed by atoms with E-state index in [1.165, 1.54) is 44.1 Å². The van der Waals surface area contributed by atoms with E-state index in [1.54, 1.807) is 0 Å². The van der Waals surface area contributed by atoms with E-state index in [4.69, 9.17) is 0 Å². The Morgan fingerprint density at radius 1 is 0.970 bits per heavy atom. The summed E-state index contributed by atoms with van der Waals surface area (Å²) in [5.74, 6) is 2.95. The SMILES string of the molecule is Cc1cc(O)cc(C)c1CN1CCN(C(=O)CNC(=O)CC23CC4CC(CC(C4)C2)C3)CC1. The van der Waals surface area contributed by atoms with Crippen LogP contribution in [0.5, 0.6) is 5.75 Å². The number of aryl methyl sites for hydroxylation is 2. The van der Waals surface area contributed by atoms with Crippen molar-refractivity contribution in [2.45, 2.75) is 65.3 Å². The molecule has 1 heterocycles. The van der Waals surface area contributed by atoms with Crippen molar-refractivity contribution in [3.63, 3.8) is 0 Å². The molecule has 0 unspecified atom stereocenters. The van der Waals surface area contributed by atoms with Crippen molar-refractivity contribution in [2.75, 3.05) is 32.7 Å². The first-order valence-corrected chi connectivity index (χ1v) is 12.8. The Bertz CT molecular complexity index is 861. The van der Waals surface area contributed by atoms with Crippen LogP contribution in [-0.2, 0) is 16.1 Å². The van der Waals surface area contributed by atoms with Crippen LogP contribution < -0.4 is 5.32 Å². The van der Waals surface area contributed by atoms with Gasteiger partial charge in [0.1, 0.15) is 5.75 Å². The number of rotatable bonds is 6. The Balaban J connectivity index is 1.06. The molecule has 1 aliphatic heterocycles. The first-order chi connectivity index (χ1) is 15.8. The monoisotopic (exact) mass is 453 g/mol. The highest BCUT2D eigenvalue weighted by Gasteiger charge is 2.51. The first-order valence-electron chi connectivity index (χ1n) is 12.8. The fourth-order valence-corrected chi connectivity index (χ4v) is 7.79. The normalized spacial score (nSPS) is 31.1. The standard InChI is InChI=1S/C27H39N3O3/c1-18-7-23(31)8-19(2)24(18)17-29-3-5-30(6-4-29)26(33)16-28-25(32)15-27-12-20-9-21(13-27)11-22(10-20)14-27/h7-8,20-22,31H,3-6,9-17H2,1-2H3,(H,28,32). The van der Waals surface area contributed by atoms with Gasteiger partial charge in [0.15, 0.2) is 0 Å². The molecule has 4 saturated carbocycles. The molecule has 1 aromatic carbocycles. The summed E-state index contributed by atoms with van der Waals surface area (Å²) in [6, 6.07) is 3.63. The lowest BCUT2D eigenvalue weighted by Crippen LogP contribution is -2.51. The number of nitrogens with one attached hydrogen (secondary N) is 1. The highest BCUT2D eigenvalue weighted by Crippen LogP contribution is 2.61. The number of carbonyl (C=O) groups excluding carboxylic acids is 2. The molecule has 180 valence electrons. The van der Waals surface area contributed by atoms with E-state index in [0.717, 1.165) is 48.5 Å². The lowest BCUT2D eigenvalue weighted by atomic mass is 9.49. The minimum Gasteiger partial charge on any atom is -0.508 e. The van der Waals surface area contributed by atoms with Crippen LogP contribution in [0.1, 0.15) is 61.6 Å². The Kier molecular flexibility index (Phi) is 6.15. The number of hydrogen-bond donors (Lipinski definition) is 2. The summed E-state index contributed by atoms with van der Waals surface area (Å²) in [4.78, 5) is 29.7. The van der Waals surface area contributed by atoms with Crippen LogP contribution in [0.3, 0.4) is 0 Å². The van der Waals surface area contributed by atoms with Crippen LogP contribution in [0.25, 0.3) is 0 Å². The van der Waals surface area contributed by atoms with Gasteiger partial charge in [-0.2, -0.15) is 0 Å². The second kappa shape index (κ2) is 8.94. The smallest absolute Gasteiger partial charge is 0.242 e. The van der Waals surface area contributed by atoms with E-state index >= 15 is 0 Å². The number of benzene rings is 1. The summed E-state index contributed by atoms with van der Waals surface area (Å²) < 4.78 is 0. The number of carbonyl (C=O) groups is 2. The maximum absolute atomic E-state index is 12.7. The van der Waals surface area contributed by atoms with Crippen molar-refractivity contribution in [3.05, 3.63) is 28.8 Å². The number of piperazine rings is 1. The molecule has 6 nitrogen and oxygen atoms in total. The van der Waals surface area contributed by atoms with Gasteiger partial charge in [0.25, 0.3) is 0 Å². The van der Waals surface area contributed by atoms with E-state index in [9.17, 15) is 14.7 Å². The van der Waals surface area contributed by atoms with Gasteiger partial charge in [0.2, 0.25) is 11.8 Å². The van der Waals surface area contributed by atoms with Crippen LogP contribution in [0.4, 0.5) is 0 Å². The van der Waals surface area contributed by atoms with Crippen molar-refractivity contribution in [1.29, 1.82) is 0 Å². The number of amides is 2. The van der Waals surface area contributed by atoms with Gasteiger partial charge in [-0.25, -0.2) is 0 Å². The zero-order valence-electron chi connectivity index (χ0n) is 20.2. The Hall–Kier alpha value is -2.08. The maximum Gasteiger partial charge on any atom is 0.242 e. The van der Waals surface area contributed by atoms with Crippen LogP contribution in [-0.4, -0.2) is 59.4 Å². The quantitative estimate of drug-likeness (QED) is 0.693. The van der Waals surface area contributed by atoms with Gasteiger partial charge in [0.05, 0.1) is 6.54 Å². The zero-order valence-corrected chi connectivity index (χ0v) is 20.2. The molecule has 6 rings (SSSR count). The molecule has 2 N–H and O–H groups in total. The molecule has 1 saturated heterocycles. The minimum absolute atomic E-state index is 0.0329. The van der Waals surface area contributed by atoms with Gasteiger partial charge in [-0.05, 0) is 104 Å². The third-order valence-corrected chi connectivity index (χ3v) is 8.92. The number of phenols is 1. The van der Waals surface area contributed by atoms with Gasteiger partial charge < -0.3 is 15.3 Å². The average molecular weight is 454 g/mol. The highest BCUT2D eigenvalue weighted by atomic mass is 16.3. The third kappa shape index (κ3) is 4.91. The van der Waals surface area contributed by atoms with E-state index in [-0.39, 0.29) is 23.8 Å². The molecule has 0 aromatic heterocycles. The molecule has 1 aromatic rings. The van der Waals surface area contributed by atoms with Crippen molar-refractivity contribution >= 4 is 11.8 Å². The average Bonchev–Trinajstić information content (AvgIpc) is 2.73. The highest BCUT2D eigenvalue weighted by molar-refractivity contribution is 5.85. The Morgan fingerprint density at radius 2 is 1.52 bits per heavy atom. The predicted octanol–water partition coefficient (Wildman–Crippen LogP) is 3.38. The van der Waals surface area contributed by atoms with Crippen LogP contribution in [0, 0.1) is 37.0 Å². The molecule has 5 fully saturated rings. The summed E-state index contributed by atoms with van der Waals surface area (Å²) >= 11 is 0. The molecule has 0 spiro atoms. The van der Waals surface area contributed by atoms with Crippen LogP contribution >= 0.6 is 0 Å². The molecule has 33 heavy (non-hydrogen) atoms. The molecule has 2 amide bonds.